The lowest BCUT2D eigenvalue weighted by Crippen LogP contribution is -2.26. The van der Waals surface area contributed by atoms with Crippen molar-refractivity contribution in [1.29, 1.82) is 0 Å². The molecular weight excluding hydrogens is 609 g/mol. The number of aliphatic carboxylic acids is 1. The molecule has 0 saturated carbocycles. The lowest BCUT2D eigenvalue weighted by molar-refractivity contribution is -0.138. The molecule has 1 saturated heterocycles. The average molecular weight is 645 g/mol. The van der Waals surface area contributed by atoms with Gasteiger partial charge in [0.1, 0.15) is 33.2 Å². The molecule has 1 unspecified atom stereocenters. The number of ether oxygens (including phenoxy) is 3. The number of carbonyl (C=O) groups is 1. The van der Waals surface area contributed by atoms with E-state index in [0.717, 1.165) is 27.8 Å². The normalized spacial score (nSPS) is 20.7. The molecule has 0 spiro atoms. The topological polar surface area (TPSA) is 99.1 Å². The third kappa shape index (κ3) is 6.64. The molecule has 2 heterocycles. The summed E-state index contributed by atoms with van der Waals surface area (Å²) in [5.74, 6) is 0.882. The Morgan fingerprint density at radius 1 is 0.978 bits per heavy atom. The molecule has 0 radical (unpaired) electrons. The highest BCUT2D eigenvalue weighted by Crippen LogP contribution is 2.47. The second-order valence-corrected chi connectivity index (χ2v) is 14.7. The lowest BCUT2D eigenvalue weighted by atomic mass is 9.88. The van der Waals surface area contributed by atoms with E-state index in [0.29, 0.717) is 60.7 Å². The molecule has 2 atom stereocenters. The molecule has 0 aromatic heterocycles. The average Bonchev–Trinajstić information content (AvgIpc) is 3.55. The summed E-state index contributed by atoms with van der Waals surface area (Å²) in [5, 5.41) is 9.17. The van der Waals surface area contributed by atoms with Gasteiger partial charge in [-0.05, 0) is 109 Å². The number of sulfone groups is 1. The first-order chi connectivity index (χ1) is 21.3. The van der Waals surface area contributed by atoms with Crippen LogP contribution in [0.3, 0.4) is 0 Å². The minimum atomic E-state index is -4.56. The van der Waals surface area contributed by atoms with Crippen molar-refractivity contribution in [2.24, 2.45) is 5.92 Å². The van der Waals surface area contributed by atoms with Gasteiger partial charge in [0.25, 0.3) is 0 Å². The van der Waals surface area contributed by atoms with Crippen molar-refractivity contribution >= 4 is 15.8 Å². The molecule has 1 fully saturated rings. The van der Waals surface area contributed by atoms with Gasteiger partial charge in [-0.3, -0.25) is 4.79 Å². The van der Waals surface area contributed by atoms with Crippen molar-refractivity contribution in [3.05, 3.63) is 75.8 Å². The summed E-state index contributed by atoms with van der Waals surface area (Å²) < 4.78 is 84.2. The van der Waals surface area contributed by atoms with Crippen molar-refractivity contribution in [2.45, 2.75) is 64.1 Å². The number of rotatable bonds is 8. The van der Waals surface area contributed by atoms with Gasteiger partial charge in [-0.2, -0.15) is 13.2 Å². The largest absolute Gasteiger partial charge is 0.493 e. The van der Waals surface area contributed by atoms with Crippen LogP contribution < -0.4 is 14.2 Å². The van der Waals surface area contributed by atoms with Gasteiger partial charge in [0.05, 0.1) is 36.7 Å². The fourth-order valence-electron chi connectivity index (χ4n) is 6.83. The Hall–Kier alpha value is -3.73. The number of carboxylic acid groups (broad SMARTS) is 1. The number of hydrogen-bond acceptors (Lipinski definition) is 6. The summed E-state index contributed by atoms with van der Waals surface area (Å²) >= 11 is 0. The first-order valence-electron chi connectivity index (χ1n) is 15.1. The van der Waals surface area contributed by atoms with Gasteiger partial charge in [-0.1, -0.05) is 6.07 Å². The first kappa shape index (κ1) is 31.3. The highest BCUT2D eigenvalue weighted by Gasteiger charge is 2.37. The standard InChI is InChI=1S/C34H35F3O7S/c1-19-11-25(42-17-21-7-9-45(40,41)10-8-21)12-20(2)33(19)29-15-23(34(35,36)37)14-28-27(29)5-6-30(28)44-24-3-4-26-22(13-32(38)39)18-43-31(26)16-24/h3-4,11-12,14-16,21-22,30H,5-10,13,17-18H2,1-2H3,(H,38,39)/t22?,30-/m1/s1. The Morgan fingerprint density at radius 2 is 1.69 bits per heavy atom. The second kappa shape index (κ2) is 11.9. The predicted molar refractivity (Wildman–Crippen MR) is 162 cm³/mol. The van der Waals surface area contributed by atoms with Gasteiger partial charge >= 0.3 is 12.1 Å². The van der Waals surface area contributed by atoms with Crippen LogP contribution in [0.15, 0.2) is 42.5 Å². The molecule has 1 aliphatic carbocycles. The minimum Gasteiger partial charge on any atom is -0.493 e. The summed E-state index contributed by atoms with van der Waals surface area (Å²) in [6.07, 6.45) is -3.06. The van der Waals surface area contributed by atoms with E-state index in [4.69, 9.17) is 14.2 Å². The van der Waals surface area contributed by atoms with Gasteiger partial charge in [-0.15, -0.1) is 0 Å². The molecule has 2 aliphatic heterocycles. The molecule has 3 aliphatic rings. The van der Waals surface area contributed by atoms with Gasteiger partial charge in [0.15, 0.2) is 0 Å². The SMILES string of the molecule is Cc1cc(OCC2CCS(=O)(=O)CC2)cc(C)c1-c1cc(C(F)(F)F)cc2c1CC[C@H]2Oc1ccc2c(c1)OCC2CC(=O)O. The Kier molecular flexibility index (Phi) is 8.26. The number of fused-ring (bicyclic) bond motifs is 2. The van der Waals surface area contributed by atoms with Crippen LogP contribution in [0, 0.1) is 19.8 Å². The summed E-state index contributed by atoms with van der Waals surface area (Å²) in [7, 11) is -2.97. The van der Waals surface area contributed by atoms with Gasteiger partial charge in [-0.25, -0.2) is 8.42 Å². The van der Waals surface area contributed by atoms with Crippen LogP contribution in [0.1, 0.15) is 71.1 Å². The van der Waals surface area contributed by atoms with Crippen LogP contribution in [0.2, 0.25) is 0 Å². The first-order valence-corrected chi connectivity index (χ1v) is 16.9. The van der Waals surface area contributed by atoms with E-state index in [1.54, 1.807) is 18.2 Å². The molecule has 0 bridgehead atoms. The number of hydrogen-bond donors (Lipinski definition) is 1. The summed E-state index contributed by atoms with van der Waals surface area (Å²) in [6, 6.07) is 11.3. The van der Waals surface area contributed by atoms with Crippen LogP contribution in [-0.2, 0) is 27.2 Å². The maximum absolute atomic E-state index is 14.2. The molecular formula is C34H35F3O7S. The molecule has 11 heteroatoms. The second-order valence-electron chi connectivity index (χ2n) is 12.4. The molecule has 7 nitrogen and oxygen atoms in total. The van der Waals surface area contributed by atoms with E-state index < -0.39 is 33.7 Å². The molecule has 240 valence electrons. The van der Waals surface area contributed by atoms with Crippen LogP contribution in [-0.4, -0.2) is 44.2 Å². The zero-order chi connectivity index (χ0) is 32.1. The molecule has 0 amide bonds. The van der Waals surface area contributed by atoms with Crippen molar-refractivity contribution in [2.75, 3.05) is 24.7 Å². The number of carboxylic acids is 1. The maximum atomic E-state index is 14.2. The molecule has 3 aromatic carbocycles. The van der Waals surface area contributed by atoms with E-state index in [1.165, 1.54) is 12.1 Å². The summed E-state index contributed by atoms with van der Waals surface area (Å²) in [5.41, 5.74) is 4.17. The fourth-order valence-corrected chi connectivity index (χ4v) is 8.42. The number of halogens is 3. The van der Waals surface area contributed by atoms with Crippen LogP contribution in [0.25, 0.3) is 11.1 Å². The van der Waals surface area contributed by atoms with E-state index in [9.17, 15) is 31.5 Å². The summed E-state index contributed by atoms with van der Waals surface area (Å²) in [6.45, 7) is 4.36. The maximum Gasteiger partial charge on any atom is 0.416 e. The number of alkyl halides is 3. The molecule has 3 aromatic rings. The minimum absolute atomic E-state index is 0.0505. The lowest BCUT2D eigenvalue weighted by Gasteiger charge is -2.23. The fraction of sp³-hybridized carbons (Fsp3) is 0.441. The Balaban J connectivity index is 1.27. The van der Waals surface area contributed by atoms with Crippen molar-refractivity contribution in [1.82, 2.24) is 0 Å². The summed E-state index contributed by atoms with van der Waals surface area (Å²) in [4.78, 5) is 11.2. The smallest absolute Gasteiger partial charge is 0.416 e. The van der Waals surface area contributed by atoms with Crippen LogP contribution in [0.4, 0.5) is 13.2 Å². The van der Waals surface area contributed by atoms with Crippen molar-refractivity contribution < 1.29 is 45.7 Å². The van der Waals surface area contributed by atoms with E-state index in [1.807, 2.05) is 26.0 Å². The van der Waals surface area contributed by atoms with E-state index in [2.05, 4.69) is 0 Å². The highest BCUT2D eigenvalue weighted by molar-refractivity contribution is 7.91. The monoisotopic (exact) mass is 644 g/mol. The highest BCUT2D eigenvalue weighted by atomic mass is 32.2. The van der Waals surface area contributed by atoms with Crippen LogP contribution >= 0.6 is 0 Å². The van der Waals surface area contributed by atoms with Crippen molar-refractivity contribution in [3.8, 4) is 28.4 Å². The van der Waals surface area contributed by atoms with Gasteiger partial charge < -0.3 is 19.3 Å². The Bertz CT molecular complexity index is 1710. The Morgan fingerprint density at radius 3 is 2.36 bits per heavy atom. The van der Waals surface area contributed by atoms with Gasteiger partial charge in [0, 0.05) is 17.5 Å². The molecule has 45 heavy (non-hydrogen) atoms. The third-order valence-corrected chi connectivity index (χ3v) is 10.8. The van der Waals surface area contributed by atoms with Crippen LogP contribution in [0.5, 0.6) is 17.2 Å². The number of benzene rings is 3. The third-order valence-electron chi connectivity index (χ3n) is 9.11. The quantitative estimate of drug-likeness (QED) is 0.277. The predicted octanol–water partition coefficient (Wildman–Crippen LogP) is 7.21. The molecule has 1 N–H and O–H groups in total. The zero-order valence-electron chi connectivity index (χ0n) is 25.1. The van der Waals surface area contributed by atoms with Gasteiger partial charge in [0.2, 0.25) is 0 Å². The Labute approximate surface area is 260 Å². The van der Waals surface area contributed by atoms with E-state index >= 15 is 0 Å². The molecule has 6 rings (SSSR count). The van der Waals surface area contributed by atoms with Crippen molar-refractivity contribution in [3.63, 3.8) is 0 Å². The van der Waals surface area contributed by atoms with E-state index in [-0.39, 0.29) is 36.4 Å². The zero-order valence-corrected chi connectivity index (χ0v) is 25.9. The number of aryl methyl sites for hydroxylation is 2.